The summed E-state index contributed by atoms with van der Waals surface area (Å²) >= 11 is 1.50. The van der Waals surface area contributed by atoms with E-state index in [9.17, 15) is 4.79 Å². The Labute approximate surface area is 120 Å². The molecule has 0 aliphatic heterocycles. The van der Waals surface area contributed by atoms with Crippen LogP contribution < -0.4 is 10.6 Å². The van der Waals surface area contributed by atoms with Crippen LogP contribution in [0.2, 0.25) is 0 Å². The van der Waals surface area contributed by atoms with Gasteiger partial charge in [-0.25, -0.2) is 4.98 Å². The average Bonchev–Trinajstić information content (AvgIpc) is 2.84. The molecule has 0 fully saturated rings. The second-order valence-electron chi connectivity index (χ2n) is 4.76. The minimum absolute atomic E-state index is 0.0727. The summed E-state index contributed by atoms with van der Waals surface area (Å²) in [7, 11) is 0. The van der Waals surface area contributed by atoms with E-state index in [1.807, 2.05) is 5.38 Å². The molecule has 4 nitrogen and oxygen atoms in total. The average molecular weight is 283 g/mol. The minimum atomic E-state index is 0.0727. The van der Waals surface area contributed by atoms with Crippen LogP contribution in [-0.2, 0) is 4.79 Å². The van der Waals surface area contributed by atoms with E-state index >= 15 is 0 Å². The highest BCUT2D eigenvalue weighted by Crippen LogP contribution is 2.20. The van der Waals surface area contributed by atoms with Gasteiger partial charge in [0, 0.05) is 17.8 Å². The summed E-state index contributed by atoms with van der Waals surface area (Å²) in [4.78, 5) is 16.1. The van der Waals surface area contributed by atoms with Gasteiger partial charge >= 0.3 is 0 Å². The van der Waals surface area contributed by atoms with Crippen LogP contribution in [0.4, 0.5) is 5.13 Å². The first-order valence-electron chi connectivity index (χ1n) is 7.16. The van der Waals surface area contributed by atoms with Gasteiger partial charge < -0.3 is 10.6 Å². The number of amides is 1. The maximum absolute atomic E-state index is 11.7. The fraction of sp³-hybridized carbons (Fsp3) is 0.714. The zero-order chi connectivity index (χ0) is 14.1. The van der Waals surface area contributed by atoms with E-state index in [0.29, 0.717) is 11.6 Å². The lowest BCUT2D eigenvalue weighted by Gasteiger charge is -2.09. The van der Waals surface area contributed by atoms with Crippen molar-refractivity contribution in [2.75, 3.05) is 11.9 Å². The highest BCUT2D eigenvalue weighted by Gasteiger charge is 2.10. The van der Waals surface area contributed by atoms with Crippen molar-refractivity contribution in [3.05, 3.63) is 11.1 Å². The number of aromatic nitrogens is 1. The third kappa shape index (κ3) is 6.16. The van der Waals surface area contributed by atoms with Crippen molar-refractivity contribution in [3.63, 3.8) is 0 Å². The third-order valence-corrected chi connectivity index (χ3v) is 3.70. The van der Waals surface area contributed by atoms with Gasteiger partial charge in [-0.15, -0.1) is 11.3 Å². The fourth-order valence-electron chi connectivity index (χ4n) is 1.73. The highest BCUT2D eigenvalue weighted by molar-refractivity contribution is 7.13. The number of anilines is 1. The predicted molar refractivity (Wildman–Crippen MR) is 81.6 cm³/mol. The second-order valence-corrected chi connectivity index (χ2v) is 5.62. The summed E-state index contributed by atoms with van der Waals surface area (Å²) in [6, 6.07) is 0.238. The summed E-state index contributed by atoms with van der Waals surface area (Å²) in [5, 5.41) is 8.98. The van der Waals surface area contributed by atoms with Crippen LogP contribution in [0, 0.1) is 0 Å². The second kappa shape index (κ2) is 9.04. The molecule has 0 saturated heterocycles. The lowest BCUT2D eigenvalue weighted by molar-refractivity contribution is -0.116. The summed E-state index contributed by atoms with van der Waals surface area (Å²) < 4.78 is 0. The summed E-state index contributed by atoms with van der Waals surface area (Å²) in [6.45, 7) is 7.35. The molecule has 1 amide bonds. The highest BCUT2D eigenvalue weighted by atomic mass is 32.1. The van der Waals surface area contributed by atoms with Gasteiger partial charge in [-0.2, -0.15) is 0 Å². The van der Waals surface area contributed by atoms with Crippen molar-refractivity contribution >= 4 is 22.4 Å². The number of hydrogen-bond acceptors (Lipinski definition) is 4. The van der Waals surface area contributed by atoms with Gasteiger partial charge in [0.1, 0.15) is 0 Å². The molecule has 2 N–H and O–H groups in total. The van der Waals surface area contributed by atoms with Crippen LogP contribution in [0.15, 0.2) is 5.38 Å². The monoisotopic (exact) mass is 283 g/mol. The van der Waals surface area contributed by atoms with Crippen LogP contribution in [0.1, 0.15) is 64.6 Å². The first-order valence-corrected chi connectivity index (χ1v) is 8.04. The number of nitrogens with zero attached hydrogens (tertiary/aromatic N) is 1. The van der Waals surface area contributed by atoms with Crippen LogP contribution in [0.3, 0.4) is 0 Å². The van der Waals surface area contributed by atoms with Crippen LogP contribution >= 0.6 is 11.3 Å². The molecule has 1 aromatic rings. The smallest absolute Gasteiger partial charge is 0.226 e. The molecule has 108 valence electrons. The van der Waals surface area contributed by atoms with E-state index in [4.69, 9.17) is 0 Å². The van der Waals surface area contributed by atoms with E-state index in [2.05, 4.69) is 36.4 Å². The van der Waals surface area contributed by atoms with E-state index in [0.717, 1.165) is 37.9 Å². The van der Waals surface area contributed by atoms with Crippen molar-refractivity contribution in [1.29, 1.82) is 0 Å². The first-order chi connectivity index (χ1) is 9.17. The van der Waals surface area contributed by atoms with E-state index in [-0.39, 0.29) is 11.9 Å². The summed E-state index contributed by atoms with van der Waals surface area (Å²) in [6.07, 6.45) is 4.89. The van der Waals surface area contributed by atoms with Gasteiger partial charge in [0.15, 0.2) is 5.13 Å². The molecule has 0 aromatic carbocycles. The van der Waals surface area contributed by atoms with Crippen molar-refractivity contribution in [1.82, 2.24) is 10.3 Å². The Morgan fingerprint density at radius 2 is 2.16 bits per heavy atom. The lowest BCUT2D eigenvalue weighted by Crippen LogP contribution is -2.19. The van der Waals surface area contributed by atoms with E-state index in [1.54, 1.807) is 0 Å². The molecular weight excluding hydrogens is 258 g/mol. The SMILES string of the molecule is CCCCCC(=O)Nc1nc(C(C)NCCC)cs1. The van der Waals surface area contributed by atoms with Crippen molar-refractivity contribution < 1.29 is 4.79 Å². The number of rotatable bonds is 9. The maximum atomic E-state index is 11.7. The van der Waals surface area contributed by atoms with Gasteiger partial charge in [0.2, 0.25) is 5.91 Å². The topological polar surface area (TPSA) is 54.0 Å². The Balaban J connectivity index is 2.39. The molecule has 0 aliphatic carbocycles. The summed E-state index contributed by atoms with van der Waals surface area (Å²) in [5.41, 5.74) is 1.00. The number of hydrogen-bond donors (Lipinski definition) is 2. The Hall–Kier alpha value is -0.940. The number of thiazole rings is 1. The standard InChI is InChI=1S/C14H25N3OS/c1-4-6-7-8-13(18)17-14-16-12(10-19-14)11(3)15-9-5-2/h10-11,15H,4-9H2,1-3H3,(H,16,17,18). The molecule has 0 aliphatic rings. The molecule has 1 unspecified atom stereocenters. The van der Waals surface area contributed by atoms with Gasteiger partial charge in [0.25, 0.3) is 0 Å². The molecule has 1 rings (SSSR count). The Bertz CT molecular complexity index is 379. The van der Waals surface area contributed by atoms with Crippen LogP contribution in [0.5, 0.6) is 0 Å². The minimum Gasteiger partial charge on any atom is -0.309 e. The van der Waals surface area contributed by atoms with Crippen LogP contribution in [-0.4, -0.2) is 17.4 Å². The fourth-order valence-corrected chi connectivity index (χ4v) is 2.55. The summed E-state index contributed by atoms with van der Waals surface area (Å²) in [5.74, 6) is 0.0727. The van der Waals surface area contributed by atoms with Gasteiger partial charge in [-0.1, -0.05) is 26.7 Å². The number of carbonyl (C=O) groups excluding carboxylic acids is 1. The zero-order valence-corrected chi connectivity index (χ0v) is 13.0. The molecule has 1 aromatic heterocycles. The quantitative estimate of drug-likeness (QED) is 0.679. The molecule has 0 spiro atoms. The number of unbranched alkanes of at least 4 members (excludes halogenated alkanes) is 2. The van der Waals surface area contributed by atoms with Gasteiger partial charge in [-0.05, 0) is 26.3 Å². The number of nitrogens with one attached hydrogen (secondary N) is 2. The predicted octanol–water partition coefficient (Wildman–Crippen LogP) is 3.72. The third-order valence-electron chi connectivity index (χ3n) is 2.92. The van der Waals surface area contributed by atoms with Crippen molar-refractivity contribution in [2.45, 2.75) is 58.9 Å². The van der Waals surface area contributed by atoms with Crippen molar-refractivity contribution in [3.8, 4) is 0 Å². The van der Waals surface area contributed by atoms with Crippen LogP contribution in [0.25, 0.3) is 0 Å². The molecule has 5 heteroatoms. The van der Waals surface area contributed by atoms with Gasteiger partial charge in [0.05, 0.1) is 5.69 Å². The molecular formula is C14H25N3OS. The lowest BCUT2D eigenvalue weighted by atomic mass is 10.2. The molecule has 1 atom stereocenters. The van der Waals surface area contributed by atoms with E-state index in [1.165, 1.54) is 11.3 Å². The Morgan fingerprint density at radius 1 is 1.37 bits per heavy atom. The Morgan fingerprint density at radius 3 is 2.84 bits per heavy atom. The van der Waals surface area contributed by atoms with Gasteiger partial charge in [-0.3, -0.25) is 4.79 Å². The Kier molecular flexibility index (Phi) is 7.67. The first kappa shape index (κ1) is 16.1. The van der Waals surface area contributed by atoms with Crippen molar-refractivity contribution in [2.24, 2.45) is 0 Å². The normalized spacial score (nSPS) is 12.4. The zero-order valence-electron chi connectivity index (χ0n) is 12.2. The molecule has 0 saturated carbocycles. The molecule has 0 radical (unpaired) electrons. The largest absolute Gasteiger partial charge is 0.309 e. The molecule has 19 heavy (non-hydrogen) atoms. The maximum Gasteiger partial charge on any atom is 0.226 e. The molecule has 0 bridgehead atoms. The molecule has 1 heterocycles. The van der Waals surface area contributed by atoms with E-state index < -0.39 is 0 Å². The number of carbonyl (C=O) groups is 1.